The Morgan fingerprint density at radius 3 is 2.45 bits per heavy atom. The minimum atomic E-state index is -3.11. The van der Waals surface area contributed by atoms with Gasteiger partial charge in [0.2, 0.25) is 5.69 Å². The summed E-state index contributed by atoms with van der Waals surface area (Å²) in [5.41, 5.74) is 5.99. The number of halogens is 1. The number of fused-ring (bicyclic) bond motifs is 1. The van der Waals surface area contributed by atoms with Gasteiger partial charge in [0, 0.05) is 29.7 Å². The highest BCUT2D eigenvalue weighted by Gasteiger charge is 2.43. The molecule has 168 valence electrons. The number of rotatable bonds is 6. The predicted octanol–water partition coefficient (Wildman–Crippen LogP) is 5.92. The summed E-state index contributed by atoms with van der Waals surface area (Å²) >= 11 is 6.51. The van der Waals surface area contributed by atoms with Crippen molar-refractivity contribution in [1.29, 1.82) is 0 Å². The van der Waals surface area contributed by atoms with E-state index in [1.807, 2.05) is 0 Å². The van der Waals surface area contributed by atoms with E-state index in [1.54, 1.807) is 0 Å². The maximum atomic E-state index is 9.40. The Hall–Kier alpha value is -2.18. The molecule has 0 saturated carbocycles. The Morgan fingerprint density at radius 1 is 1.13 bits per heavy atom. The van der Waals surface area contributed by atoms with Crippen LogP contribution in [0.5, 0.6) is 0 Å². The number of allylic oxidation sites excluding steroid dienone is 5. The quantitative estimate of drug-likeness (QED) is 0.322. The minimum Gasteiger partial charge on any atom is -0.515 e. The van der Waals surface area contributed by atoms with Gasteiger partial charge in [-0.05, 0) is 45.1 Å². The summed E-state index contributed by atoms with van der Waals surface area (Å²) in [6, 6.07) is 8.76. The summed E-state index contributed by atoms with van der Waals surface area (Å²) in [4.78, 5) is 0. The molecule has 1 heterocycles. The van der Waals surface area contributed by atoms with Gasteiger partial charge in [0.05, 0.1) is 16.7 Å². The lowest BCUT2D eigenvalue weighted by molar-refractivity contribution is -0.438. The van der Waals surface area contributed by atoms with Crippen LogP contribution in [-0.4, -0.2) is 34.6 Å². The molecule has 0 amide bonds. The highest BCUT2D eigenvalue weighted by Crippen LogP contribution is 2.40. The van der Waals surface area contributed by atoms with Crippen molar-refractivity contribution in [2.75, 3.05) is 6.54 Å². The smallest absolute Gasteiger partial charge is 0.425 e. The first-order valence-corrected chi connectivity index (χ1v) is 12.0. The third kappa shape index (κ3) is 6.17. The van der Waals surface area contributed by atoms with Crippen molar-refractivity contribution in [3.05, 3.63) is 64.4 Å². The van der Waals surface area contributed by atoms with Gasteiger partial charge in [0.15, 0.2) is 5.71 Å². The van der Waals surface area contributed by atoms with Crippen molar-refractivity contribution in [2.24, 2.45) is 0 Å². The number of nitrogens with zero attached hydrogens (tertiary/aromatic N) is 1. The number of unbranched alkanes of at least 4 members (excludes halogenated alkanes) is 2. The minimum absolute atomic E-state index is 0.0311. The van der Waals surface area contributed by atoms with Gasteiger partial charge in [-0.15, -0.1) is 12.6 Å². The summed E-state index contributed by atoms with van der Waals surface area (Å²) in [6.07, 6.45) is 12.1. The highest BCUT2D eigenvalue weighted by molar-refractivity contribution is 7.59. The van der Waals surface area contributed by atoms with Gasteiger partial charge in [-0.2, -0.15) is 4.58 Å². The van der Waals surface area contributed by atoms with Crippen molar-refractivity contribution in [3.63, 3.8) is 0 Å². The zero-order valence-corrected chi connectivity index (χ0v) is 20.0. The maximum Gasteiger partial charge on any atom is 0.425 e. The summed E-state index contributed by atoms with van der Waals surface area (Å²) in [5.74, 6) is 0. The molecule has 1 aliphatic carbocycles. The molecule has 31 heavy (non-hydrogen) atoms. The molecule has 0 bridgehead atoms. The van der Waals surface area contributed by atoms with Crippen LogP contribution in [0, 0.1) is 0 Å². The van der Waals surface area contributed by atoms with E-state index in [0.717, 1.165) is 43.2 Å². The average molecular weight is 465 g/mol. The normalized spacial score (nSPS) is 18.9. The molecule has 0 unspecified atom stereocenters. The lowest BCUT2D eigenvalue weighted by Gasteiger charge is -2.17. The molecule has 7 heteroatoms. The monoisotopic (exact) mass is 464 g/mol. The standard InChI is InChI=1S/C24H30ClNO.O3S/c1-4-5-8-16-26-21-13-7-6-12-20(21)24(2,3)22(26)15-14-18-10-9-11-19(17-27)23(18)25;1-4(2)3/h6-7,12-15,17H,4-5,8-11,16H2,1-3H3;/p+1. The Bertz CT molecular complexity index is 1030. The summed E-state index contributed by atoms with van der Waals surface area (Å²) in [7, 11) is -3.11. The molecule has 0 fully saturated rings. The molecule has 2 aliphatic rings. The second kappa shape index (κ2) is 11.4. The Morgan fingerprint density at radius 2 is 1.81 bits per heavy atom. The van der Waals surface area contributed by atoms with Crippen LogP contribution in [0.4, 0.5) is 5.69 Å². The summed E-state index contributed by atoms with van der Waals surface area (Å²) in [6.45, 7) is 7.90. The SMILES string of the molecule is CCCCC[N+]1=C(/C=C/C2=C(Cl)C(=C/O)/CCC2)C(C)(C)c2ccccc21.O=S(=O)=O. The molecule has 0 spiro atoms. The first-order chi connectivity index (χ1) is 14.7. The summed E-state index contributed by atoms with van der Waals surface area (Å²) < 4.78 is 27.8. The Kier molecular flexibility index (Phi) is 9.26. The molecule has 0 saturated heterocycles. The van der Waals surface area contributed by atoms with Crippen LogP contribution in [0.15, 0.2) is 58.9 Å². The van der Waals surface area contributed by atoms with Crippen LogP contribution in [0.1, 0.15) is 64.9 Å². The Labute approximate surface area is 191 Å². The Balaban J connectivity index is 0.000000785. The molecular weight excluding hydrogens is 434 g/mol. The zero-order valence-electron chi connectivity index (χ0n) is 18.4. The second-order valence-corrected chi connectivity index (χ2v) is 9.06. The number of hydrogen-bond donors (Lipinski definition) is 1. The fourth-order valence-electron chi connectivity index (χ4n) is 4.25. The molecule has 1 aliphatic heterocycles. The van der Waals surface area contributed by atoms with Gasteiger partial charge in [-0.25, -0.2) is 0 Å². The van der Waals surface area contributed by atoms with Gasteiger partial charge >= 0.3 is 10.6 Å². The topological polar surface area (TPSA) is 74.5 Å². The molecule has 1 N–H and O–H groups in total. The van der Waals surface area contributed by atoms with E-state index in [-0.39, 0.29) is 5.41 Å². The average Bonchev–Trinajstić information content (AvgIpc) is 2.94. The van der Waals surface area contributed by atoms with Gasteiger partial charge in [-0.3, -0.25) is 0 Å². The molecule has 0 aromatic heterocycles. The lowest BCUT2D eigenvalue weighted by atomic mass is 9.81. The van der Waals surface area contributed by atoms with Gasteiger partial charge in [-0.1, -0.05) is 49.2 Å². The largest absolute Gasteiger partial charge is 0.515 e. The van der Waals surface area contributed by atoms with Crippen molar-refractivity contribution < 1.29 is 22.3 Å². The first kappa shape index (κ1) is 25.1. The fourth-order valence-corrected chi connectivity index (χ4v) is 4.55. The molecule has 1 aromatic rings. The van der Waals surface area contributed by atoms with Crippen molar-refractivity contribution >= 4 is 33.6 Å². The summed E-state index contributed by atoms with van der Waals surface area (Å²) in [5, 5.41) is 10.1. The van der Waals surface area contributed by atoms with Crippen LogP contribution >= 0.6 is 11.6 Å². The number of aliphatic hydroxyl groups is 1. The van der Waals surface area contributed by atoms with Gasteiger partial charge in [0.25, 0.3) is 0 Å². The molecule has 1 aromatic carbocycles. The third-order valence-corrected chi connectivity index (χ3v) is 6.32. The van der Waals surface area contributed by atoms with E-state index in [0.29, 0.717) is 5.03 Å². The van der Waals surface area contributed by atoms with Crippen LogP contribution in [-0.2, 0) is 16.0 Å². The number of hydrogen-bond acceptors (Lipinski definition) is 4. The highest BCUT2D eigenvalue weighted by atomic mass is 35.5. The van der Waals surface area contributed by atoms with E-state index in [1.165, 1.54) is 36.2 Å². The molecule has 5 nitrogen and oxygen atoms in total. The van der Waals surface area contributed by atoms with Crippen LogP contribution in [0.2, 0.25) is 0 Å². The van der Waals surface area contributed by atoms with E-state index < -0.39 is 10.6 Å². The van der Waals surface area contributed by atoms with Gasteiger partial charge < -0.3 is 5.11 Å². The maximum absolute atomic E-state index is 9.40. The first-order valence-electron chi connectivity index (χ1n) is 10.7. The van der Waals surface area contributed by atoms with E-state index in [9.17, 15) is 5.11 Å². The van der Waals surface area contributed by atoms with Crippen molar-refractivity contribution in [3.8, 4) is 0 Å². The molecule has 3 rings (SSSR count). The van der Waals surface area contributed by atoms with Crippen LogP contribution in [0.25, 0.3) is 0 Å². The number of para-hydroxylation sites is 1. The molecular formula is C24H31ClNO4S+. The predicted molar refractivity (Wildman–Crippen MR) is 125 cm³/mol. The van der Waals surface area contributed by atoms with Crippen molar-refractivity contribution in [1.82, 2.24) is 0 Å². The van der Waals surface area contributed by atoms with E-state index >= 15 is 0 Å². The molecule has 0 atom stereocenters. The third-order valence-electron chi connectivity index (χ3n) is 5.84. The second-order valence-electron chi connectivity index (χ2n) is 8.27. The van der Waals surface area contributed by atoms with E-state index in [2.05, 4.69) is 61.8 Å². The lowest BCUT2D eigenvalue weighted by Crippen LogP contribution is -2.28. The van der Waals surface area contributed by atoms with Gasteiger partial charge in [0.1, 0.15) is 6.54 Å². The van der Waals surface area contributed by atoms with E-state index in [4.69, 9.17) is 24.2 Å². The fraction of sp³-hybridized carbons (Fsp3) is 0.458. The number of aliphatic hydroxyl groups excluding tert-OH is 1. The number of benzene rings is 1. The zero-order chi connectivity index (χ0) is 23.0. The van der Waals surface area contributed by atoms with Crippen LogP contribution in [0.3, 0.4) is 0 Å². The van der Waals surface area contributed by atoms with Crippen molar-refractivity contribution in [2.45, 2.75) is 64.7 Å². The van der Waals surface area contributed by atoms with Crippen LogP contribution < -0.4 is 0 Å². The molecule has 0 radical (unpaired) electrons.